The molecule has 0 aromatic carbocycles. The molecule has 1 saturated carbocycles. The maximum Gasteiger partial charge on any atom is 0.287 e. The summed E-state index contributed by atoms with van der Waals surface area (Å²) >= 11 is 1.89. The first kappa shape index (κ1) is 13.5. The number of nitrogens with one attached hydrogen (secondary N) is 1. The summed E-state index contributed by atoms with van der Waals surface area (Å²) in [5.74, 6) is 0.883. The molecule has 2 unspecified atom stereocenters. The molecule has 1 fully saturated rings. The maximum absolute atomic E-state index is 12.0. The van der Waals surface area contributed by atoms with Crippen molar-refractivity contribution in [2.24, 2.45) is 5.73 Å². The molecule has 4 nitrogen and oxygen atoms in total. The zero-order chi connectivity index (χ0) is 13.0. The van der Waals surface area contributed by atoms with Crippen LogP contribution in [0.5, 0.6) is 0 Å². The molecule has 1 aliphatic rings. The summed E-state index contributed by atoms with van der Waals surface area (Å²) in [5, 5.41) is 3.72. The van der Waals surface area contributed by atoms with E-state index < -0.39 is 0 Å². The molecule has 0 spiro atoms. The van der Waals surface area contributed by atoms with E-state index in [0.717, 1.165) is 12.8 Å². The Balaban J connectivity index is 1.90. The highest BCUT2D eigenvalue weighted by Gasteiger charge is 2.23. The summed E-state index contributed by atoms with van der Waals surface area (Å²) < 4.78 is 5.35. The first-order valence-electron chi connectivity index (χ1n) is 6.35. The predicted molar refractivity (Wildman–Crippen MR) is 73.6 cm³/mol. The highest BCUT2D eigenvalue weighted by Crippen LogP contribution is 2.27. The van der Waals surface area contributed by atoms with E-state index >= 15 is 0 Å². The minimum atomic E-state index is -0.124. The summed E-state index contributed by atoms with van der Waals surface area (Å²) in [7, 11) is 0. The second-order valence-corrected chi connectivity index (χ2v) is 5.80. The van der Waals surface area contributed by atoms with Crippen LogP contribution in [0.3, 0.4) is 0 Å². The first-order chi connectivity index (χ1) is 8.72. The second-order valence-electron chi connectivity index (χ2n) is 4.66. The average Bonchev–Trinajstić information content (AvgIpc) is 2.88. The molecular weight excluding hydrogens is 248 g/mol. The minimum absolute atomic E-state index is 0.124. The van der Waals surface area contributed by atoms with Crippen molar-refractivity contribution in [2.75, 3.05) is 6.26 Å². The zero-order valence-electron chi connectivity index (χ0n) is 10.6. The summed E-state index contributed by atoms with van der Waals surface area (Å²) in [6.07, 6.45) is 6.69. The topological polar surface area (TPSA) is 68.3 Å². The van der Waals surface area contributed by atoms with Gasteiger partial charge in [-0.15, -0.1) is 0 Å². The molecule has 1 aromatic heterocycles. The molecule has 1 aromatic rings. The number of thioether (sulfide) groups is 1. The minimum Gasteiger partial charge on any atom is -0.455 e. The lowest BCUT2D eigenvalue weighted by atomic mass is 9.95. The molecule has 100 valence electrons. The van der Waals surface area contributed by atoms with Gasteiger partial charge in [-0.2, -0.15) is 11.8 Å². The molecule has 1 heterocycles. The molecule has 5 heteroatoms. The highest BCUT2D eigenvalue weighted by molar-refractivity contribution is 7.99. The van der Waals surface area contributed by atoms with Crippen molar-refractivity contribution in [2.45, 2.75) is 43.5 Å². The van der Waals surface area contributed by atoms with Crippen LogP contribution in [-0.4, -0.2) is 23.5 Å². The number of carbonyl (C=O) groups is 1. The van der Waals surface area contributed by atoms with Gasteiger partial charge in [-0.25, -0.2) is 0 Å². The van der Waals surface area contributed by atoms with E-state index in [1.165, 1.54) is 12.8 Å². The number of hydrogen-bond acceptors (Lipinski definition) is 4. The molecular formula is C13H20N2O2S. The fraction of sp³-hybridized carbons (Fsp3) is 0.615. The molecule has 2 atom stereocenters. The van der Waals surface area contributed by atoms with Gasteiger partial charge in [0.25, 0.3) is 5.91 Å². The third-order valence-electron chi connectivity index (χ3n) is 3.38. The average molecular weight is 268 g/mol. The fourth-order valence-electron chi connectivity index (χ4n) is 2.36. The van der Waals surface area contributed by atoms with Gasteiger partial charge in [0.15, 0.2) is 5.76 Å². The number of amides is 1. The standard InChI is InChI=1S/C13H20N2O2S/c1-18-11-4-2-3-9(7-11)15-13(16)12-6-5-10(8-14)17-12/h5-6,9,11H,2-4,7-8,14H2,1H3,(H,15,16). The normalized spacial score (nSPS) is 23.9. The van der Waals surface area contributed by atoms with Gasteiger partial charge in [0.05, 0.1) is 6.54 Å². The van der Waals surface area contributed by atoms with E-state index in [9.17, 15) is 4.79 Å². The van der Waals surface area contributed by atoms with E-state index in [2.05, 4.69) is 11.6 Å². The molecule has 3 N–H and O–H groups in total. The molecule has 0 aliphatic heterocycles. The molecule has 0 saturated heterocycles. The Bertz CT molecular complexity index is 405. The van der Waals surface area contributed by atoms with Crippen molar-refractivity contribution < 1.29 is 9.21 Å². The van der Waals surface area contributed by atoms with Crippen molar-refractivity contribution in [3.63, 3.8) is 0 Å². The Morgan fingerprint density at radius 3 is 3.06 bits per heavy atom. The monoisotopic (exact) mass is 268 g/mol. The van der Waals surface area contributed by atoms with Gasteiger partial charge in [-0.3, -0.25) is 4.79 Å². The fourth-order valence-corrected chi connectivity index (χ4v) is 3.18. The smallest absolute Gasteiger partial charge is 0.287 e. The molecule has 0 radical (unpaired) electrons. The number of rotatable bonds is 4. The Labute approximate surface area is 112 Å². The van der Waals surface area contributed by atoms with Gasteiger partial charge in [0.1, 0.15) is 5.76 Å². The van der Waals surface area contributed by atoms with E-state index in [4.69, 9.17) is 10.2 Å². The van der Waals surface area contributed by atoms with Crippen LogP contribution in [0.15, 0.2) is 16.5 Å². The lowest BCUT2D eigenvalue weighted by Gasteiger charge is -2.28. The summed E-state index contributed by atoms with van der Waals surface area (Å²) in [5.41, 5.74) is 5.46. The van der Waals surface area contributed by atoms with Crippen LogP contribution in [0.1, 0.15) is 42.0 Å². The van der Waals surface area contributed by atoms with Crippen LogP contribution in [0.2, 0.25) is 0 Å². The number of furan rings is 1. The van der Waals surface area contributed by atoms with Gasteiger partial charge in [0.2, 0.25) is 0 Å². The first-order valence-corrected chi connectivity index (χ1v) is 7.64. The van der Waals surface area contributed by atoms with Crippen LogP contribution in [0.25, 0.3) is 0 Å². The Kier molecular flexibility index (Phi) is 4.72. The summed E-state index contributed by atoms with van der Waals surface area (Å²) in [6.45, 7) is 0.325. The van der Waals surface area contributed by atoms with Gasteiger partial charge < -0.3 is 15.5 Å². The number of carbonyl (C=O) groups excluding carboxylic acids is 1. The van der Waals surface area contributed by atoms with Gasteiger partial charge >= 0.3 is 0 Å². The van der Waals surface area contributed by atoms with E-state index in [1.54, 1.807) is 12.1 Å². The quantitative estimate of drug-likeness (QED) is 0.878. The van der Waals surface area contributed by atoms with Gasteiger partial charge in [-0.05, 0) is 37.7 Å². The molecule has 1 amide bonds. The lowest BCUT2D eigenvalue weighted by molar-refractivity contribution is 0.0898. The van der Waals surface area contributed by atoms with E-state index in [0.29, 0.717) is 23.3 Å². The van der Waals surface area contributed by atoms with E-state index in [-0.39, 0.29) is 11.9 Å². The largest absolute Gasteiger partial charge is 0.455 e. The molecule has 2 rings (SSSR count). The lowest BCUT2D eigenvalue weighted by Crippen LogP contribution is -2.38. The number of hydrogen-bond donors (Lipinski definition) is 2. The van der Waals surface area contributed by atoms with Crippen LogP contribution >= 0.6 is 11.8 Å². The van der Waals surface area contributed by atoms with Crippen molar-refractivity contribution in [3.05, 3.63) is 23.7 Å². The molecule has 18 heavy (non-hydrogen) atoms. The van der Waals surface area contributed by atoms with Crippen molar-refractivity contribution >= 4 is 17.7 Å². The third kappa shape index (κ3) is 3.29. The Hall–Kier alpha value is -0.940. The van der Waals surface area contributed by atoms with Crippen LogP contribution in [0, 0.1) is 0 Å². The SMILES string of the molecule is CSC1CCCC(NC(=O)c2ccc(CN)o2)C1. The summed E-state index contributed by atoms with van der Waals surface area (Å²) in [4.78, 5) is 12.0. The summed E-state index contributed by atoms with van der Waals surface area (Å²) in [6, 6.07) is 3.71. The Morgan fingerprint density at radius 1 is 1.56 bits per heavy atom. The third-order valence-corrected chi connectivity index (χ3v) is 4.48. The van der Waals surface area contributed by atoms with Gasteiger partial charge in [-0.1, -0.05) is 6.42 Å². The predicted octanol–water partition coefficient (Wildman–Crippen LogP) is 2.14. The zero-order valence-corrected chi connectivity index (χ0v) is 11.5. The second kappa shape index (κ2) is 6.29. The van der Waals surface area contributed by atoms with Gasteiger partial charge in [0, 0.05) is 11.3 Å². The van der Waals surface area contributed by atoms with Crippen molar-refractivity contribution in [1.29, 1.82) is 0 Å². The highest BCUT2D eigenvalue weighted by atomic mass is 32.2. The van der Waals surface area contributed by atoms with Crippen molar-refractivity contribution in [3.8, 4) is 0 Å². The van der Waals surface area contributed by atoms with Crippen LogP contribution < -0.4 is 11.1 Å². The van der Waals surface area contributed by atoms with Crippen LogP contribution in [0.4, 0.5) is 0 Å². The number of nitrogens with two attached hydrogens (primary N) is 1. The molecule has 0 bridgehead atoms. The van der Waals surface area contributed by atoms with Crippen molar-refractivity contribution in [1.82, 2.24) is 5.32 Å². The maximum atomic E-state index is 12.0. The Morgan fingerprint density at radius 2 is 2.39 bits per heavy atom. The molecule has 1 aliphatic carbocycles. The van der Waals surface area contributed by atoms with Crippen LogP contribution in [-0.2, 0) is 6.54 Å². The van der Waals surface area contributed by atoms with E-state index in [1.807, 2.05) is 11.8 Å².